The van der Waals surface area contributed by atoms with Crippen LogP contribution in [-0.2, 0) is 9.53 Å². The molecule has 1 heterocycles. The van der Waals surface area contributed by atoms with Crippen LogP contribution in [0, 0.1) is 0 Å². The molecule has 1 saturated heterocycles. The molecule has 0 aromatic carbocycles. The van der Waals surface area contributed by atoms with Crippen molar-refractivity contribution in [1.82, 2.24) is 10.2 Å². The van der Waals surface area contributed by atoms with Gasteiger partial charge in [0.15, 0.2) is 0 Å². The lowest BCUT2D eigenvalue weighted by molar-refractivity contribution is -0.141. The predicted octanol–water partition coefficient (Wildman–Crippen LogP) is 2.23. The third-order valence-corrected chi connectivity index (χ3v) is 3.70. The number of carbonyl (C=O) groups excluding carboxylic acids is 1. The molecular formula is C15H28N2O4. The molecule has 1 aliphatic rings. The normalized spacial score (nSPS) is 20.1. The van der Waals surface area contributed by atoms with Crippen LogP contribution in [0.5, 0.6) is 0 Å². The van der Waals surface area contributed by atoms with E-state index in [0.29, 0.717) is 19.7 Å². The summed E-state index contributed by atoms with van der Waals surface area (Å²) in [5.74, 6) is -0.894. The second-order valence-corrected chi connectivity index (χ2v) is 5.61. The molecule has 2 atom stereocenters. The molecule has 1 aliphatic heterocycles. The number of urea groups is 1. The molecule has 1 fully saturated rings. The molecule has 2 amide bonds. The Hall–Kier alpha value is -1.30. The Morgan fingerprint density at radius 3 is 2.71 bits per heavy atom. The first-order valence-corrected chi connectivity index (χ1v) is 7.95. The Kier molecular flexibility index (Phi) is 8.12. The Morgan fingerprint density at radius 1 is 1.33 bits per heavy atom. The van der Waals surface area contributed by atoms with Crippen LogP contribution < -0.4 is 5.32 Å². The second kappa shape index (κ2) is 9.60. The minimum atomic E-state index is -0.894. The van der Waals surface area contributed by atoms with Crippen molar-refractivity contribution >= 4 is 12.0 Å². The number of carboxylic acid groups (broad SMARTS) is 1. The lowest BCUT2D eigenvalue weighted by atomic mass is 10.1. The van der Waals surface area contributed by atoms with E-state index < -0.39 is 12.1 Å². The molecule has 6 heteroatoms. The van der Waals surface area contributed by atoms with Crippen LogP contribution in [0.2, 0.25) is 0 Å². The molecular weight excluding hydrogens is 272 g/mol. The number of unbranched alkanes of at least 4 members (excludes halogenated alkanes) is 1. The maximum atomic E-state index is 12.3. The first kappa shape index (κ1) is 17.8. The zero-order chi connectivity index (χ0) is 15.7. The van der Waals surface area contributed by atoms with Crippen LogP contribution in [0.15, 0.2) is 0 Å². The number of nitrogens with one attached hydrogen (secondary N) is 1. The zero-order valence-electron chi connectivity index (χ0n) is 13.1. The quantitative estimate of drug-likeness (QED) is 0.720. The Bertz CT molecular complexity index is 336. The van der Waals surface area contributed by atoms with E-state index in [4.69, 9.17) is 9.84 Å². The molecule has 0 saturated carbocycles. The molecule has 1 rings (SSSR count). The number of hydrogen-bond acceptors (Lipinski definition) is 3. The van der Waals surface area contributed by atoms with Gasteiger partial charge in [0.25, 0.3) is 0 Å². The van der Waals surface area contributed by atoms with Crippen LogP contribution in [0.3, 0.4) is 0 Å². The van der Waals surface area contributed by atoms with Gasteiger partial charge in [-0.2, -0.15) is 0 Å². The van der Waals surface area contributed by atoms with E-state index in [2.05, 4.69) is 19.2 Å². The van der Waals surface area contributed by atoms with E-state index in [9.17, 15) is 9.59 Å². The third-order valence-electron chi connectivity index (χ3n) is 3.70. The molecule has 0 spiro atoms. The first-order valence-electron chi connectivity index (χ1n) is 7.95. The minimum Gasteiger partial charge on any atom is -0.481 e. The van der Waals surface area contributed by atoms with Crippen molar-refractivity contribution < 1.29 is 19.4 Å². The summed E-state index contributed by atoms with van der Waals surface area (Å²) in [5, 5.41) is 11.9. The summed E-state index contributed by atoms with van der Waals surface area (Å²) in [6.07, 6.45) is 4.79. The van der Waals surface area contributed by atoms with Crippen LogP contribution in [0.25, 0.3) is 0 Å². The highest BCUT2D eigenvalue weighted by atomic mass is 16.5. The van der Waals surface area contributed by atoms with Gasteiger partial charge in [-0.1, -0.05) is 33.1 Å². The third kappa shape index (κ3) is 6.80. The number of carboxylic acids is 1. The van der Waals surface area contributed by atoms with Crippen molar-refractivity contribution in [3.8, 4) is 0 Å². The van der Waals surface area contributed by atoms with Crippen LogP contribution in [0.4, 0.5) is 4.79 Å². The van der Waals surface area contributed by atoms with Gasteiger partial charge in [-0.15, -0.1) is 0 Å². The molecule has 2 unspecified atom stereocenters. The first-order chi connectivity index (χ1) is 10.1. The number of morpholine rings is 1. The maximum absolute atomic E-state index is 12.3. The summed E-state index contributed by atoms with van der Waals surface area (Å²) in [4.78, 5) is 24.7. The van der Waals surface area contributed by atoms with E-state index in [1.165, 1.54) is 0 Å². The van der Waals surface area contributed by atoms with Crippen molar-refractivity contribution in [2.24, 2.45) is 0 Å². The van der Waals surface area contributed by atoms with Crippen molar-refractivity contribution in [2.45, 2.75) is 64.5 Å². The highest BCUT2D eigenvalue weighted by molar-refractivity contribution is 5.75. The van der Waals surface area contributed by atoms with Crippen LogP contribution in [-0.4, -0.2) is 53.8 Å². The molecule has 122 valence electrons. The van der Waals surface area contributed by atoms with Crippen LogP contribution in [0.1, 0.15) is 52.4 Å². The number of carbonyl (C=O) groups is 2. The Balaban J connectivity index is 2.46. The molecule has 0 radical (unpaired) electrons. The Labute approximate surface area is 126 Å². The summed E-state index contributed by atoms with van der Waals surface area (Å²) >= 11 is 0. The minimum absolute atomic E-state index is 0.0575. The van der Waals surface area contributed by atoms with Gasteiger partial charge in [0, 0.05) is 19.1 Å². The predicted molar refractivity (Wildman–Crippen MR) is 80.3 cm³/mol. The molecule has 2 N–H and O–H groups in total. The van der Waals surface area contributed by atoms with Crippen molar-refractivity contribution in [3.05, 3.63) is 0 Å². The summed E-state index contributed by atoms with van der Waals surface area (Å²) in [6.45, 7) is 5.53. The number of rotatable bonds is 8. The van der Waals surface area contributed by atoms with Gasteiger partial charge in [0.2, 0.25) is 0 Å². The average molecular weight is 300 g/mol. The largest absolute Gasteiger partial charge is 0.481 e. The second-order valence-electron chi connectivity index (χ2n) is 5.61. The lowest BCUT2D eigenvalue weighted by Gasteiger charge is -2.33. The summed E-state index contributed by atoms with van der Waals surface area (Å²) < 4.78 is 5.38. The lowest BCUT2D eigenvalue weighted by Crippen LogP contribution is -2.52. The van der Waals surface area contributed by atoms with Gasteiger partial charge in [0.1, 0.15) is 0 Å². The number of nitrogens with zero attached hydrogens (tertiary/aromatic N) is 1. The van der Waals surface area contributed by atoms with Crippen molar-refractivity contribution in [1.29, 1.82) is 0 Å². The number of ether oxygens (including phenoxy) is 1. The molecule has 0 aromatic rings. The number of amides is 2. The summed E-state index contributed by atoms with van der Waals surface area (Å²) in [7, 11) is 0. The standard InChI is InChI=1S/C15H28N2O4/c1-3-5-7-12(6-4-2)16-15(20)17-8-9-21-13(11-17)10-14(18)19/h12-13H,3-11H2,1-2H3,(H,16,20)(H,18,19). The van der Waals surface area contributed by atoms with Gasteiger partial charge in [-0.25, -0.2) is 4.79 Å². The topological polar surface area (TPSA) is 78.9 Å². The van der Waals surface area contributed by atoms with Gasteiger partial charge in [-0.05, 0) is 12.8 Å². The monoisotopic (exact) mass is 300 g/mol. The average Bonchev–Trinajstić information content (AvgIpc) is 2.44. The van der Waals surface area contributed by atoms with Gasteiger partial charge in [0.05, 0.1) is 19.1 Å². The molecule has 0 bridgehead atoms. The van der Waals surface area contributed by atoms with Crippen molar-refractivity contribution in [2.75, 3.05) is 19.7 Å². The highest BCUT2D eigenvalue weighted by Gasteiger charge is 2.26. The molecule has 0 aromatic heterocycles. The van der Waals surface area contributed by atoms with Gasteiger partial charge >= 0.3 is 12.0 Å². The van der Waals surface area contributed by atoms with Crippen LogP contribution >= 0.6 is 0 Å². The zero-order valence-corrected chi connectivity index (χ0v) is 13.1. The van der Waals surface area contributed by atoms with E-state index >= 15 is 0 Å². The van der Waals surface area contributed by atoms with E-state index in [0.717, 1.165) is 32.1 Å². The maximum Gasteiger partial charge on any atom is 0.317 e. The SMILES string of the molecule is CCCCC(CCC)NC(=O)N1CCOC(CC(=O)O)C1. The van der Waals surface area contributed by atoms with E-state index in [1.54, 1.807) is 4.90 Å². The highest BCUT2D eigenvalue weighted by Crippen LogP contribution is 2.11. The molecule has 21 heavy (non-hydrogen) atoms. The fourth-order valence-electron chi connectivity index (χ4n) is 2.58. The van der Waals surface area contributed by atoms with E-state index in [-0.39, 0.29) is 18.5 Å². The Morgan fingerprint density at radius 2 is 2.10 bits per heavy atom. The smallest absolute Gasteiger partial charge is 0.317 e. The fourth-order valence-corrected chi connectivity index (χ4v) is 2.58. The molecule has 0 aliphatic carbocycles. The van der Waals surface area contributed by atoms with Crippen molar-refractivity contribution in [3.63, 3.8) is 0 Å². The van der Waals surface area contributed by atoms with Gasteiger partial charge < -0.3 is 20.1 Å². The van der Waals surface area contributed by atoms with Gasteiger partial charge in [-0.3, -0.25) is 4.79 Å². The number of aliphatic carboxylic acids is 1. The molecule has 6 nitrogen and oxygen atoms in total. The summed E-state index contributed by atoms with van der Waals surface area (Å²) in [5.41, 5.74) is 0. The fraction of sp³-hybridized carbons (Fsp3) is 0.867. The van der Waals surface area contributed by atoms with E-state index in [1.807, 2.05) is 0 Å². The summed E-state index contributed by atoms with van der Waals surface area (Å²) in [6, 6.07) is 0.117. The number of hydrogen-bond donors (Lipinski definition) is 2.